The van der Waals surface area contributed by atoms with Crippen molar-refractivity contribution in [1.29, 1.82) is 0 Å². The SMILES string of the molecule is CN=C(NCC1CCCS1)NCC1(c2ccccc2)CCC1. The fraction of sp³-hybridized carbons (Fsp3) is 0.611. The van der Waals surface area contributed by atoms with Gasteiger partial charge >= 0.3 is 0 Å². The quantitative estimate of drug-likeness (QED) is 0.647. The van der Waals surface area contributed by atoms with E-state index >= 15 is 0 Å². The fourth-order valence-corrected chi connectivity index (χ4v) is 4.65. The summed E-state index contributed by atoms with van der Waals surface area (Å²) in [5, 5.41) is 7.82. The molecule has 3 nitrogen and oxygen atoms in total. The lowest BCUT2D eigenvalue weighted by Crippen LogP contribution is -2.49. The lowest BCUT2D eigenvalue weighted by Gasteiger charge is -2.43. The topological polar surface area (TPSA) is 36.4 Å². The Morgan fingerprint density at radius 1 is 1.23 bits per heavy atom. The number of rotatable bonds is 5. The van der Waals surface area contributed by atoms with Crippen LogP contribution in [-0.4, -0.2) is 37.1 Å². The van der Waals surface area contributed by atoms with Crippen LogP contribution in [0, 0.1) is 0 Å². The van der Waals surface area contributed by atoms with Crippen molar-refractivity contribution in [2.24, 2.45) is 4.99 Å². The van der Waals surface area contributed by atoms with Gasteiger partial charge in [0.1, 0.15) is 0 Å². The van der Waals surface area contributed by atoms with Gasteiger partial charge in [0, 0.05) is 30.8 Å². The monoisotopic (exact) mass is 317 g/mol. The molecule has 0 bridgehead atoms. The first-order chi connectivity index (χ1) is 10.8. The molecule has 1 aliphatic heterocycles. The van der Waals surface area contributed by atoms with Crippen molar-refractivity contribution < 1.29 is 0 Å². The summed E-state index contributed by atoms with van der Waals surface area (Å²) in [6, 6.07) is 10.9. The Balaban J connectivity index is 1.53. The molecule has 2 fully saturated rings. The van der Waals surface area contributed by atoms with E-state index in [1.54, 1.807) is 0 Å². The molecule has 1 aromatic rings. The van der Waals surface area contributed by atoms with E-state index in [1.807, 2.05) is 7.05 Å². The van der Waals surface area contributed by atoms with Crippen molar-refractivity contribution in [2.75, 3.05) is 25.9 Å². The summed E-state index contributed by atoms with van der Waals surface area (Å²) < 4.78 is 0. The lowest BCUT2D eigenvalue weighted by molar-refractivity contribution is 0.244. The van der Waals surface area contributed by atoms with Gasteiger partial charge in [-0.1, -0.05) is 36.8 Å². The van der Waals surface area contributed by atoms with E-state index in [2.05, 4.69) is 57.7 Å². The molecule has 1 atom stereocenters. The molecule has 22 heavy (non-hydrogen) atoms. The zero-order valence-electron chi connectivity index (χ0n) is 13.5. The summed E-state index contributed by atoms with van der Waals surface area (Å²) in [5.41, 5.74) is 1.77. The van der Waals surface area contributed by atoms with Gasteiger partial charge in [0.05, 0.1) is 0 Å². The Morgan fingerprint density at radius 2 is 2.05 bits per heavy atom. The number of nitrogens with one attached hydrogen (secondary N) is 2. The van der Waals surface area contributed by atoms with Crippen LogP contribution in [0.3, 0.4) is 0 Å². The minimum absolute atomic E-state index is 0.307. The molecule has 0 aromatic heterocycles. The minimum atomic E-state index is 0.307. The summed E-state index contributed by atoms with van der Waals surface area (Å²) in [6.07, 6.45) is 6.59. The third kappa shape index (κ3) is 3.60. The number of aliphatic imine (C=N–C) groups is 1. The first-order valence-corrected chi connectivity index (χ1v) is 9.49. The molecule has 1 saturated carbocycles. The number of guanidine groups is 1. The molecule has 2 N–H and O–H groups in total. The standard InChI is InChI=1S/C18H27N3S/c1-19-17(20-13-16-9-5-12-22-16)21-14-18(10-6-11-18)15-7-3-2-4-8-15/h2-4,7-8,16H,5-6,9-14H2,1H3,(H2,19,20,21). The van der Waals surface area contributed by atoms with Crippen LogP contribution in [0.15, 0.2) is 35.3 Å². The summed E-state index contributed by atoms with van der Waals surface area (Å²) in [5.74, 6) is 2.27. The zero-order valence-corrected chi connectivity index (χ0v) is 14.3. The van der Waals surface area contributed by atoms with Gasteiger partial charge in [-0.2, -0.15) is 11.8 Å². The van der Waals surface area contributed by atoms with Crippen LogP contribution in [0.5, 0.6) is 0 Å². The second-order valence-corrected chi connectivity index (χ2v) is 7.85. The second-order valence-electron chi connectivity index (χ2n) is 6.44. The van der Waals surface area contributed by atoms with Crippen molar-refractivity contribution in [2.45, 2.75) is 42.8 Å². The third-order valence-corrected chi connectivity index (χ3v) is 6.43. The molecule has 1 unspecified atom stereocenters. The molecule has 1 saturated heterocycles. The predicted octanol–water partition coefficient (Wildman–Crippen LogP) is 3.17. The Morgan fingerprint density at radius 3 is 2.64 bits per heavy atom. The molecule has 0 spiro atoms. The molecule has 0 radical (unpaired) electrons. The minimum Gasteiger partial charge on any atom is -0.356 e. The normalized spacial score (nSPS) is 23.9. The summed E-state index contributed by atoms with van der Waals surface area (Å²) in [7, 11) is 1.87. The summed E-state index contributed by atoms with van der Waals surface area (Å²) in [4.78, 5) is 4.39. The van der Waals surface area contributed by atoms with Gasteiger partial charge in [0.15, 0.2) is 5.96 Å². The van der Waals surface area contributed by atoms with Crippen molar-refractivity contribution in [1.82, 2.24) is 10.6 Å². The van der Waals surface area contributed by atoms with Crippen LogP contribution < -0.4 is 10.6 Å². The van der Waals surface area contributed by atoms with Gasteiger partial charge in [0.2, 0.25) is 0 Å². The van der Waals surface area contributed by atoms with Crippen molar-refractivity contribution >= 4 is 17.7 Å². The Labute approximate surface area is 138 Å². The average molecular weight is 318 g/mol. The number of nitrogens with zero attached hydrogens (tertiary/aromatic N) is 1. The Kier molecular flexibility index (Phi) is 5.29. The molecular weight excluding hydrogens is 290 g/mol. The second kappa shape index (κ2) is 7.40. The predicted molar refractivity (Wildman–Crippen MR) is 96.8 cm³/mol. The zero-order chi connectivity index (χ0) is 15.3. The number of hydrogen-bond acceptors (Lipinski definition) is 2. The van der Waals surface area contributed by atoms with Crippen LogP contribution in [-0.2, 0) is 5.41 Å². The molecule has 1 aliphatic carbocycles. The number of thioether (sulfide) groups is 1. The van der Waals surface area contributed by atoms with Crippen LogP contribution in [0.25, 0.3) is 0 Å². The van der Waals surface area contributed by atoms with E-state index in [4.69, 9.17) is 0 Å². The highest BCUT2D eigenvalue weighted by molar-refractivity contribution is 8.00. The van der Waals surface area contributed by atoms with Gasteiger partial charge in [-0.25, -0.2) is 0 Å². The molecule has 2 aliphatic rings. The first kappa shape index (κ1) is 15.7. The van der Waals surface area contributed by atoms with E-state index in [0.717, 1.165) is 24.3 Å². The maximum absolute atomic E-state index is 4.39. The Hall–Kier alpha value is -1.16. The number of hydrogen-bond donors (Lipinski definition) is 2. The van der Waals surface area contributed by atoms with E-state index < -0.39 is 0 Å². The maximum atomic E-state index is 4.39. The van der Waals surface area contributed by atoms with Gasteiger partial charge in [-0.05, 0) is 37.0 Å². The summed E-state index contributed by atoms with van der Waals surface area (Å²) in [6.45, 7) is 2.01. The van der Waals surface area contributed by atoms with Gasteiger partial charge < -0.3 is 10.6 Å². The van der Waals surface area contributed by atoms with Gasteiger partial charge in [0.25, 0.3) is 0 Å². The van der Waals surface area contributed by atoms with Crippen molar-refractivity contribution in [3.8, 4) is 0 Å². The number of benzene rings is 1. The van der Waals surface area contributed by atoms with Crippen LogP contribution >= 0.6 is 11.8 Å². The smallest absolute Gasteiger partial charge is 0.191 e. The van der Waals surface area contributed by atoms with Gasteiger partial charge in [-0.15, -0.1) is 0 Å². The molecule has 1 heterocycles. The molecule has 4 heteroatoms. The molecule has 120 valence electrons. The van der Waals surface area contributed by atoms with E-state index in [0.29, 0.717) is 5.41 Å². The van der Waals surface area contributed by atoms with Crippen LogP contribution in [0.1, 0.15) is 37.7 Å². The van der Waals surface area contributed by atoms with Crippen molar-refractivity contribution in [3.05, 3.63) is 35.9 Å². The largest absolute Gasteiger partial charge is 0.356 e. The lowest BCUT2D eigenvalue weighted by atomic mass is 9.64. The summed E-state index contributed by atoms with van der Waals surface area (Å²) >= 11 is 2.09. The van der Waals surface area contributed by atoms with E-state index in [-0.39, 0.29) is 0 Å². The fourth-order valence-electron chi connectivity index (χ4n) is 3.45. The van der Waals surface area contributed by atoms with Crippen LogP contribution in [0.2, 0.25) is 0 Å². The Bertz CT molecular complexity index is 490. The first-order valence-electron chi connectivity index (χ1n) is 8.44. The molecule has 0 amide bonds. The average Bonchev–Trinajstić information content (AvgIpc) is 3.03. The van der Waals surface area contributed by atoms with Gasteiger partial charge in [-0.3, -0.25) is 4.99 Å². The van der Waals surface area contributed by atoms with Crippen molar-refractivity contribution in [3.63, 3.8) is 0 Å². The van der Waals surface area contributed by atoms with E-state index in [1.165, 1.54) is 43.4 Å². The maximum Gasteiger partial charge on any atom is 0.191 e. The van der Waals surface area contributed by atoms with Crippen LogP contribution in [0.4, 0.5) is 0 Å². The highest BCUT2D eigenvalue weighted by atomic mass is 32.2. The highest BCUT2D eigenvalue weighted by Crippen LogP contribution is 2.43. The molecular formula is C18H27N3S. The highest BCUT2D eigenvalue weighted by Gasteiger charge is 2.38. The van der Waals surface area contributed by atoms with E-state index in [9.17, 15) is 0 Å². The third-order valence-electron chi connectivity index (χ3n) is 5.04. The molecule has 1 aromatic carbocycles. The molecule has 3 rings (SSSR count).